The molecule has 0 N–H and O–H groups in total. The van der Waals surface area contributed by atoms with Crippen molar-refractivity contribution in [2.45, 2.75) is 32.6 Å². The standard InChI is InChI=1S/C23H23NO5/c1-3-4-13-24-21(26)18-11-5-15(14-19(18)22(24)27)6-12-20(25)16-7-9-17(10-8-16)23(28)29-2/h5,7-11,14H,3-4,6,12-13H2,1-2H3. The predicted octanol–water partition coefficient (Wildman–Crippen LogP) is 3.68. The first-order valence-corrected chi connectivity index (χ1v) is 9.67. The van der Waals surface area contributed by atoms with Crippen LogP contribution in [-0.4, -0.2) is 42.1 Å². The number of fused-ring (bicyclic) bond motifs is 1. The van der Waals surface area contributed by atoms with Gasteiger partial charge in [0, 0.05) is 18.5 Å². The number of benzene rings is 2. The molecule has 0 radical (unpaired) electrons. The summed E-state index contributed by atoms with van der Waals surface area (Å²) >= 11 is 0. The van der Waals surface area contributed by atoms with Gasteiger partial charge in [-0.1, -0.05) is 31.5 Å². The number of aryl methyl sites for hydroxylation is 1. The van der Waals surface area contributed by atoms with E-state index in [-0.39, 0.29) is 24.0 Å². The minimum atomic E-state index is -0.450. The molecule has 0 saturated carbocycles. The largest absolute Gasteiger partial charge is 0.465 e. The van der Waals surface area contributed by atoms with Crippen molar-refractivity contribution in [2.24, 2.45) is 0 Å². The number of unbranched alkanes of at least 4 members (excludes halogenated alkanes) is 1. The second-order valence-corrected chi connectivity index (χ2v) is 6.99. The van der Waals surface area contributed by atoms with E-state index in [0.29, 0.717) is 35.2 Å². The van der Waals surface area contributed by atoms with Crippen molar-refractivity contribution >= 4 is 23.6 Å². The Morgan fingerprint density at radius 1 is 0.931 bits per heavy atom. The summed E-state index contributed by atoms with van der Waals surface area (Å²) in [7, 11) is 1.30. The lowest BCUT2D eigenvalue weighted by molar-refractivity contribution is 0.0598. The quantitative estimate of drug-likeness (QED) is 0.388. The fourth-order valence-corrected chi connectivity index (χ4v) is 3.32. The van der Waals surface area contributed by atoms with Crippen molar-refractivity contribution in [3.8, 4) is 0 Å². The van der Waals surface area contributed by atoms with E-state index in [1.165, 1.54) is 12.0 Å². The molecule has 0 unspecified atom stereocenters. The highest BCUT2D eigenvalue weighted by Gasteiger charge is 2.34. The molecule has 150 valence electrons. The Kier molecular flexibility index (Phi) is 6.22. The van der Waals surface area contributed by atoms with Gasteiger partial charge in [0.15, 0.2) is 5.78 Å². The van der Waals surface area contributed by atoms with E-state index in [1.54, 1.807) is 42.5 Å². The molecule has 0 saturated heterocycles. The maximum atomic E-state index is 12.5. The molecule has 29 heavy (non-hydrogen) atoms. The first-order chi connectivity index (χ1) is 14.0. The van der Waals surface area contributed by atoms with Crippen molar-refractivity contribution in [1.29, 1.82) is 0 Å². The molecule has 0 aliphatic carbocycles. The number of hydrogen-bond donors (Lipinski definition) is 0. The Labute approximate surface area is 169 Å². The Morgan fingerprint density at radius 3 is 2.24 bits per heavy atom. The minimum absolute atomic E-state index is 0.0612. The Morgan fingerprint density at radius 2 is 1.59 bits per heavy atom. The second kappa shape index (κ2) is 8.82. The fourth-order valence-electron chi connectivity index (χ4n) is 3.32. The van der Waals surface area contributed by atoms with Crippen LogP contribution >= 0.6 is 0 Å². The molecule has 0 aromatic heterocycles. The zero-order valence-corrected chi connectivity index (χ0v) is 16.6. The zero-order chi connectivity index (χ0) is 21.0. The molecule has 2 aromatic carbocycles. The van der Waals surface area contributed by atoms with Gasteiger partial charge in [-0.2, -0.15) is 0 Å². The molecule has 6 heteroatoms. The van der Waals surface area contributed by atoms with Crippen molar-refractivity contribution in [2.75, 3.05) is 13.7 Å². The molecular weight excluding hydrogens is 370 g/mol. The first-order valence-electron chi connectivity index (χ1n) is 9.67. The van der Waals surface area contributed by atoms with Crippen LogP contribution in [0.5, 0.6) is 0 Å². The third-order valence-corrected chi connectivity index (χ3v) is 5.04. The molecule has 0 bridgehead atoms. The van der Waals surface area contributed by atoms with E-state index >= 15 is 0 Å². The molecule has 0 fully saturated rings. The van der Waals surface area contributed by atoms with Crippen LogP contribution in [0.25, 0.3) is 0 Å². The Bertz CT molecular complexity index is 962. The maximum absolute atomic E-state index is 12.5. The molecule has 6 nitrogen and oxygen atoms in total. The van der Waals surface area contributed by atoms with E-state index in [2.05, 4.69) is 4.74 Å². The van der Waals surface area contributed by atoms with Gasteiger partial charge in [0.2, 0.25) is 0 Å². The normalized spacial score (nSPS) is 12.8. The van der Waals surface area contributed by atoms with E-state index in [4.69, 9.17) is 0 Å². The summed E-state index contributed by atoms with van der Waals surface area (Å²) in [6.07, 6.45) is 2.41. The summed E-state index contributed by atoms with van der Waals surface area (Å²) in [6, 6.07) is 11.5. The Balaban J connectivity index is 1.66. The lowest BCUT2D eigenvalue weighted by atomic mass is 9.99. The number of carbonyl (C=O) groups excluding carboxylic acids is 4. The lowest BCUT2D eigenvalue weighted by Gasteiger charge is -2.12. The van der Waals surface area contributed by atoms with Crippen LogP contribution in [0.15, 0.2) is 42.5 Å². The number of carbonyl (C=O) groups is 4. The molecule has 1 heterocycles. The van der Waals surface area contributed by atoms with E-state index in [1.807, 2.05) is 6.92 Å². The van der Waals surface area contributed by atoms with Crippen LogP contribution in [0.4, 0.5) is 0 Å². The zero-order valence-electron chi connectivity index (χ0n) is 16.6. The van der Waals surface area contributed by atoms with E-state index in [0.717, 1.165) is 18.4 Å². The van der Waals surface area contributed by atoms with Gasteiger partial charge < -0.3 is 4.74 Å². The van der Waals surface area contributed by atoms with Crippen LogP contribution < -0.4 is 0 Å². The van der Waals surface area contributed by atoms with E-state index < -0.39 is 5.97 Å². The highest BCUT2D eigenvalue weighted by atomic mass is 16.5. The van der Waals surface area contributed by atoms with Crippen LogP contribution in [0.1, 0.15) is 73.2 Å². The molecule has 1 aliphatic heterocycles. The number of methoxy groups -OCH3 is 1. The number of rotatable bonds is 8. The van der Waals surface area contributed by atoms with Crippen molar-refractivity contribution in [3.05, 3.63) is 70.3 Å². The molecule has 2 amide bonds. The summed E-state index contributed by atoms with van der Waals surface area (Å²) < 4.78 is 4.65. The third-order valence-electron chi connectivity index (χ3n) is 5.04. The van der Waals surface area contributed by atoms with Gasteiger partial charge in [-0.15, -0.1) is 0 Å². The summed E-state index contributed by atoms with van der Waals surface area (Å²) in [4.78, 5) is 50.1. The maximum Gasteiger partial charge on any atom is 0.337 e. The SMILES string of the molecule is CCCCN1C(=O)c2ccc(CCC(=O)c3ccc(C(=O)OC)cc3)cc2C1=O. The smallest absolute Gasteiger partial charge is 0.337 e. The molecule has 1 aliphatic rings. The van der Waals surface area contributed by atoms with Gasteiger partial charge in [0.25, 0.3) is 11.8 Å². The van der Waals surface area contributed by atoms with E-state index in [9.17, 15) is 19.2 Å². The van der Waals surface area contributed by atoms with Crippen LogP contribution in [0.3, 0.4) is 0 Å². The number of imide groups is 1. The molecular formula is C23H23NO5. The third kappa shape index (κ3) is 4.26. The number of ketones is 1. The Hall–Kier alpha value is -3.28. The number of ether oxygens (including phenoxy) is 1. The number of Topliss-reactive ketones (excluding diaryl/α,β-unsaturated/α-hetero) is 1. The van der Waals surface area contributed by atoms with Crippen molar-refractivity contribution in [1.82, 2.24) is 4.90 Å². The second-order valence-electron chi connectivity index (χ2n) is 6.99. The predicted molar refractivity (Wildman–Crippen MR) is 107 cm³/mol. The molecule has 3 rings (SSSR count). The van der Waals surface area contributed by atoms with Crippen LogP contribution in [-0.2, 0) is 11.2 Å². The van der Waals surface area contributed by atoms with Gasteiger partial charge in [0.1, 0.15) is 0 Å². The van der Waals surface area contributed by atoms with Crippen LogP contribution in [0, 0.1) is 0 Å². The monoisotopic (exact) mass is 393 g/mol. The number of hydrogen-bond acceptors (Lipinski definition) is 5. The summed E-state index contributed by atoms with van der Waals surface area (Å²) in [5.74, 6) is -1.01. The number of esters is 1. The van der Waals surface area contributed by atoms with Crippen molar-refractivity contribution < 1.29 is 23.9 Å². The van der Waals surface area contributed by atoms with Gasteiger partial charge >= 0.3 is 5.97 Å². The average Bonchev–Trinajstić information content (AvgIpc) is 2.99. The summed E-state index contributed by atoms with van der Waals surface area (Å²) in [6.45, 7) is 2.44. The van der Waals surface area contributed by atoms with Crippen LogP contribution in [0.2, 0.25) is 0 Å². The highest BCUT2D eigenvalue weighted by Crippen LogP contribution is 2.25. The van der Waals surface area contributed by atoms with Gasteiger partial charge in [-0.3, -0.25) is 19.3 Å². The number of amides is 2. The summed E-state index contributed by atoms with van der Waals surface area (Å²) in [5, 5.41) is 0. The minimum Gasteiger partial charge on any atom is -0.465 e. The van der Waals surface area contributed by atoms with Gasteiger partial charge in [-0.05, 0) is 42.7 Å². The van der Waals surface area contributed by atoms with Gasteiger partial charge in [-0.25, -0.2) is 4.79 Å². The first kappa shape index (κ1) is 20.5. The van der Waals surface area contributed by atoms with Gasteiger partial charge in [0.05, 0.1) is 23.8 Å². The fraction of sp³-hybridized carbons (Fsp3) is 0.304. The van der Waals surface area contributed by atoms with Crippen molar-refractivity contribution in [3.63, 3.8) is 0 Å². The average molecular weight is 393 g/mol. The highest BCUT2D eigenvalue weighted by molar-refractivity contribution is 6.21. The topological polar surface area (TPSA) is 80.8 Å². The molecule has 2 aromatic rings. The summed E-state index contributed by atoms with van der Waals surface area (Å²) in [5.41, 5.74) is 2.58. The molecule has 0 spiro atoms. The number of nitrogens with zero attached hydrogens (tertiary/aromatic N) is 1. The lowest BCUT2D eigenvalue weighted by Crippen LogP contribution is -2.30. The molecule has 0 atom stereocenters.